The van der Waals surface area contributed by atoms with Gasteiger partial charge in [-0.1, -0.05) is 41.9 Å². The van der Waals surface area contributed by atoms with Gasteiger partial charge in [-0.15, -0.1) is 0 Å². The summed E-state index contributed by atoms with van der Waals surface area (Å²) in [5.41, 5.74) is 11.3. The maximum Gasteiger partial charge on any atom is 0.0923 e. The average Bonchev–Trinajstić information content (AvgIpc) is 3.25. The summed E-state index contributed by atoms with van der Waals surface area (Å²) >= 11 is 6.16. The molecule has 2 aromatic heterocycles. The van der Waals surface area contributed by atoms with Gasteiger partial charge < -0.3 is 10.7 Å². The summed E-state index contributed by atoms with van der Waals surface area (Å²) in [5, 5.41) is 9.40. The lowest BCUT2D eigenvalue weighted by atomic mass is 9.95. The number of nitrogens with one attached hydrogen (secondary N) is 2. The topological polar surface area (TPSA) is 70.5 Å². The SMILES string of the molecule is NCC(c1cc(-c2ccccc2)n[nH]1)c1c[nH]c2ccc(Cl)cc12. The molecule has 4 aromatic rings. The first-order valence-electron chi connectivity index (χ1n) is 7.83. The first kappa shape index (κ1) is 15.0. The molecular formula is C19H17ClN4. The molecule has 120 valence electrons. The molecule has 0 fully saturated rings. The highest BCUT2D eigenvalue weighted by Gasteiger charge is 2.19. The molecular weight excluding hydrogens is 320 g/mol. The zero-order valence-corrected chi connectivity index (χ0v) is 13.7. The quantitative estimate of drug-likeness (QED) is 0.520. The van der Waals surface area contributed by atoms with Crippen LogP contribution < -0.4 is 5.73 Å². The second kappa shape index (κ2) is 6.15. The molecule has 4 nitrogen and oxygen atoms in total. The Balaban J connectivity index is 1.76. The Labute approximate surface area is 144 Å². The zero-order chi connectivity index (χ0) is 16.5. The van der Waals surface area contributed by atoms with Crippen LogP contribution in [0.1, 0.15) is 17.2 Å². The Morgan fingerprint density at radius 2 is 1.92 bits per heavy atom. The van der Waals surface area contributed by atoms with E-state index in [0.29, 0.717) is 11.6 Å². The van der Waals surface area contributed by atoms with Crippen molar-refractivity contribution in [3.05, 3.63) is 77.1 Å². The number of hydrogen-bond donors (Lipinski definition) is 3. The second-order valence-corrected chi connectivity index (χ2v) is 6.23. The fraction of sp³-hybridized carbons (Fsp3) is 0.105. The molecule has 0 aliphatic heterocycles. The van der Waals surface area contributed by atoms with Crippen LogP contribution in [-0.4, -0.2) is 21.7 Å². The summed E-state index contributed by atoms with van der Waals surface area (Å²) in [5.74, 6) is 0.0298. The first-order valence-corrected chi connectivity index (χ1v) is 8.21. The van der Waals surface area contributed by atoms with Gasteiger partial charge in [-0.2, -0.15) is 5.10 Å². The van der Waals surface area contributed by atoms with Crippen LogP contribution in [0.5, 0.6) is 0 Å². The Morgan fingerprint density at radius 3 is 2.71 bits per heavy atom. The minimum Gasteiger partial charge on any atom is -0.361 e. The first-order chi connectivity index (χ1) is 11.8. The summed E-state index contributed by atoms with van der Waals surface area (Å²) in [6.45, 7) is 0.482. The van der Waals surface area contributed by atoms with E-state index in [2.05, 4.69) is 21.2 Å². The van der Waals surface area contributed by atoms with Gasteiger partial charge in [0.1, 0.15) is 0 Å². The third-order valence-corrected chi connectivity index (χ3v) is 4.56. The monoisotopic (exact) mass is 336 g/mol. The van der Waals surface area contributed by atoms with Crippen LogP contribution in [-0.2, 0) is 0 Å². The van der Waals surface area contributed by atoms with Crippen molar-refractivity contribution < 1.29 is 0 Å². The number of fused-ring (bicyclic) bond motifs is 1. The molecule has 0 aliphatic carbocycles. The van der Waals surface area contributed by atoms with Crippen LogP contribution in [0, 0.1) is 0 Å². The number of H-pyrrole nitrogens is 2. The van der Waals surface area contributed by atoms with Gasteiger partial charge in [0.25, 0.3) is 0 Å². The number of nitrogens with two attached hydrogens (primary N) is 1. The molecule has 4 N–H and O–H groups in total. The third-order valence-electron chi connectivity index (χ3n) is 4.33. The van der Waals surface area contributed by atoms with E-state index in [4.69, 9.17) is 17.3 Å². The van der Waals surface area contributed by atoms with E-state index in [1.54, 1.807) is 0 Å². The Bertz CT molecular complexity index is 971. The molecule has 0 saturated carbocycles. The van der Waals surface area contributed by atoms with Crippen molar-refractivity contribution in [2.24, 2.45) is 5.73 Å². The molecule has 0 saturated heterocycles. The van der Waals surface area contributed by atoms with Crippen LogP contribution in [0.25, 0.3) is 22.2 Å². The van der Waals surface area contributed by atoms with E-state index in [0.717, 1.165) is 33.4 Å². The minimum absolute atomic E-state index is 0.0298. The largest absolute Gasteiger partial charge is 0.361 e. The van der Waals surface area contributed by atoms with Crippen LogP contribution >= 0.6 is 11.6 Å². The summed E-state index contributed by atoms with van der Waals surface area (Å²) < 4.78 is 0. The van der Waals surface area contributed by atoms with Crippen molar-refractivity contribution in [3.63, 3.8) is 0 Å². The Hall–Kier alpha value is -2.56. The molecule has 0 bridgehead atoms. The van der Waals surface area contributed by atoms with Gasteiger partial charge in [0, 0.05) is 45.8 Å². The standard InChI is InChI=1S/C19H17ClN4/c20-13-6-7-17-14(8-13)16(11-22-17)15(10-21)19-9-18(23-24-19)12-4-2-1-3-5-12/h1-9,11,15,22H,10,21H2,(H,23,24). The number of halogens is 1. The van der Waals surface area contributed by atoms with Gasteiger partial charge in [-0.25, -0.2) is 0 Å². The van der Waals surface area contributed by atoms with Gasteiger partial charge in [0.2, 0.25) is 0 Å². The van der Waals surface area contributed by atoms with Crippen LogP contribution in [0.4, 0.5) is 0 Å². The lowest BCUT2D eigenvalue weighted by molar-refractivity contribution is 0.785. The molecule has 4 rings (SSSR count). The number of hydrogen-bond acceptors (Lipinski definition) is 2. The lowest BCUT2D eigenvalue weighted by Crippen LogP contribution is -2.14. The number of aromatic nitrogens is 3. The van der Waals surface area contributed by atoms with Crippen molar-refractivity contribution in [2.75, 3.05) is 6.54 Å². The number of nitrogens with zero attached hydrogens (tertiary/aromatic N) is 1. The van der Waals surface area contributed by atoms with Crippen molar-refractivity contribution in [3.8, 4) is 11.3 Å². The molecule has 0 aliphatic rings. The van der Waals surface area contributed by atoms with Gasteiger partial charge >= 0.3 is 0 Å². The fourth-order valence-corrected chi connectivity index (χ4v) is 3.27. The van der Waals surface area contributed by atoms with E-state index in [-0.39, 0.29) is 5.92 Å². The Kier molecular flexibility index (Phi) is 3.84. The maximum absolute atomic E-state index is 6.16. The minimum atomic E-state index is 0.0298. The van der Waals surface area contributed by atoms with Gasteiger partial charge in [0.05, 0.1) is 5.69 Å². The maximum atomic E-state index is 6.16. The molecule has 0 spiro atoms. The normalized spacial score (nSPS) is 12.6. The summed E-state index contributed by atoms with van der Waals surface area (Å²) in [6, 6.07) is 18.0. The molecule has 5 heteroatoms. The fourth-order valence-electron chi connectivity index (χ4n) is 3.10. The highest BCUT2D eigenvalue weighted by atomic mass is 35.5. The molecule has 2 aromatic carbocycles. The highest BCUT2D eigenvalue weighted by molar-refractivity contribution is 6.31. The predicted molar refractivity (Wildman–Crippen MR) is 98.2 cm³/mol. The van der Waals surface area contributed by atoms with Crippen LogP contribution in [0.15, 0.2) is 60.8 Å². The van der Waals surface area contributed by atoms with Gasteiger partial charge in [-0.3, -0.25) is 5.10 Å². The summed E-state index contributed by atoms with van der Waals surface area (Å²) in [4.78, 5) is 3.29. The highest BCUT2D eigenvalue weighted by Crippen LogP contribution is 2.32. The molecule has 24 heavy (non-hydrogen) atoms. The third kappa shape index (κ3) is 2.60. The van der Waals surface area contributed by atoms with Crippen molar-refractivity contribution in [2.45, 2.75) is 5.92 Å². The number of aromatic amines is 2. The van der Waals surface area contributed by atoms with E-state index in [1.165, 1.54) is 0 Å². The molecule has 1 atom stereocenters. The second-order valence-electron chi connectivity index (χ2n) is 5.80. The van der Waals surface area contributed by atoms with Gasteiger partial charge in [0.15, 0.2) is 0 Å². The van der Waals surface area contributed by atoms with Crippen LogP contribution in [0.2, 0.25) is 5.02 Å². The Morgan fingerprint density at radius 1 is 1.08 bits per heavy atom. The number of rotatable bonds is 4. The molecule has 1 unspecified atom stereocenters. The van der Waals surface area contributed by atoms with Gasteiger partial charge in [-0.05, 0) is 29.8 Å². The van der Waals surface area contributed by atoms with Crippen molar-refractivity contribution in [1.29, 1.82) is 0 Å². The lowest BCUT2D eigenvalue weighted by Gasteiger charge is -2.12. The van der Waals surface area contributed by atoms with E-state index in [9.17, 15) is 0 Å². The van der Waals surface area contributed by atoms with E-state index in [1.807, 2.05) is 54.7 Å². The van der Waals surface area contributed by atoms with Crippen molar-refractivity contribution >= 4 is 22.5 Å². The predicted octanol–water partition coefficient (Wildman–Crippen LogP) is 4.30. The molecule has 0 radical (unpaired) electrons. The smallest absolute Gasteiger partial charge is 0.0923 e. The molecule has 2 heterocycles. The average molecular weight is 337 g/mol. The summed E-state index contributed by atoms with van der Waals surface area (Å²) in [6.07, 6.45) is 2.00. The van der Waals surface area contributed by atoms with Crippen molar-refractivity contribution in [1.82, 2.24) is 15.2 Å². The molecule has 0 amide bonds. The summed E-state index contributed by atoms with van der Waals surface area (Å²) in [7, 11) is 0. The van der Waals surface area contributed by atoms with Crippen LogP contribution in [0.3, 0.4) is 0 Å². The number of benzene rings is 2. The van der Waals surface area contributed by atoms with E-state index < -0.39 is 0 Å². The zero-order valence-electron chi connectivity index (χ0n) is 13.0. The van der Waals surface area contributed by atoms with E-state index >= 15 is 0 Å².